The van der Waals surface area contributed by atoms with Crippen LogP contribution in [0.2, 0.25) is 0 Å². The summed E-state index contributed by atoms with van der Waals surface area (Å²) in [5.41, 5.74) is 1.02. The number of primary sulfonamides is 1. The van der Waals surface area contributed by atoms with Crippen LogP contribution in [0.3, 0.4) is 0 Å². The fraction of sp³-hybridized carbons (Fsp3) is 0.316. The average molecular weight is 376 g/mol. The number of hydrogen-bond donors (Lipinski definition) is 1. The van der Waals surface area contributed by atoms with Gasteiger partial charge in [-0.3, -0.25) is 4.79 Å². The number of sulfonamides is 1. The van der Waals surface area contributed by atoms with Gasteiger partial charge < -0.3 is 4.90 Å². The van der Waals surface area contributed by atoms with E-state index >= 15 is 0 Å². The molecule has 1 aliphatic heterocycles. The Bertz CT molecular complexity index is 911. The second-order valence-electron chi connectivity index (χ2n) is 6.93. The first-order valence-corrected chi connectivity index (χ1v) is 9.93. The summed E-state index contributed by atoms with van der Waals surface area (Å²) in [5.74, 6) is -0.429. The van der Waals surface area contributed by atoms with Crippen LogP contribution in [0.15, 0.2) is 53.4 Å². The van der Waals surface area contributed by atoms with Crippen LogP contribution in [0, 0.1) is 5.82 Å². The summed E-state index contributed by atoms with van der Waals surface area (Å²) in [5, 5.41) is 5.09. The van der Waals surface area contributed by atoms with E-state index in [-0.39, 0.29) is 22.2 Å². The van der Waals surface area contributed by atoms with Gasteiger partial charge in [-0.25, -0.2) is 17.9 Å². The average Bonchev–Trinajstić information content (AvgIpc) is 2.97. The number of carbonyl (C=O) groups excluding carboxylic acids is 1. The van der Waals surface area contributed by atoms with Gasteiger partial charge in [0.05, 0.1) is 4.90 Å². The lowest BCUT2D eigenvalue weighted by atomic mass is 9.89. The molecule has 7 heteroatoms. The number of benzene rings is 2. The lowest BCUT2D eigenvalue weighted by molar-refractivity contribution is 0.0624. The Labute approximate surface area is 152 Å². The van der Waals surface area contributed by atoms with Crippen molar-refractivity contribution in [1.29, 1.82) is 0 Å². The van der Waals surface area contributed by atoms with Crippen LogP contribution in [-0.4, -0.2) is 31.3 Å². The Hall–Kier alpha value is -2.25. The molecular weight excluding hydrogens is 355 g/mol. The number of amides is 1. The second-order valence-corrected chi connectivity index (χ2v) is 8.49. The van der Waals surface area contributed by atoms with Crippen molar-refractivity contribution in [2.24, 2.45) is 5.14 Å². The van der Waals surface area contributed by atoms with E-state index in [0.29, 0.717) is 18.5 Å². The zero-order valence-electron chi connectivity index (χ0n) is 14.5. The van der Waals surface area contributed by atoms with Gasteiger partial charge in [-0.15, -0.1) is 0 Å². The molecule has 2 N–H and O–H groups in total. The summed E-state index contributed by atoms with van der Waals surface area (Å²) in [6, 6.07) is 12.0. The van der Waals surface area contributed by atoms with Crippen molar-refractivity contribution >= 4 is 15.9 Å². The molecule has 0 spiro atoms. The molecule has 2 aromatic carbocycles. The Balaban J connectivity index is 1.82. The highest BCUT2D eigenvalue weighted by Crippen LogP contribution is 2.33. The minimum Gasteiger partial charge on any atom is -0.333 e. The van der Waals surface area contributed by atoms with Crippen LogP contribution >= 0.6 is 0 Å². The molecule has 1 unspecified atom stereocenters. The van der Waals surface area contributed by atoms with Gasteiger partial charge in [-0.2, -0.15) is 0 Å². The first kappa shape index (κ1) is 18.5. The van der Waals surface area contributed by atoms with Gasteiger partial charge in [-0.1, -0.05) is 12.1 Å². The third kappa shape index (κ3) is 3.78. The highest BCUT2D eigenvalue weighted by Gasteiger charge is 2.39. The van der Waals surface area contributed by atoms with Crippen LogP contribution in [0.25, 0.3) is 0 Å². The number of carbonyl (C=O) groups is 1. The van der Waals surface area contributed by atoms with Crippen molar-refractivity contribution < 1.29 is 17.6 Å². The maximum absolute atomic E-state index is 13.1. The van der Waals surface area contributed by atoms with Crippen LogP contribution in [0.1, 0.15) is 35.7 Å². The minimum atomic E-state index is -3.79. The molecule has 1 atom stereocenters. The Morgan fingerprint density at radius 2 is 1.77 bits per heavy atom. The molecule has 1 heterocycles. The number of nitrogens with two attached hydrogens (primary N) is 1. The molecule has 0 aliphatic carbocycles. The van der Waals surface area contributed by atoms with Crippen molar-refractivity contribution in [3.8, 4) is 0 Å². The van der Waals surface area contributed by atoms with E-state index in [2.05, 4.69) is 0 Å². The van der Waals surface area contributed by atoms with Gasteiger partial charge in [0, 0.05) is 17.6 Å². The first-order valence-electron chi connectivity index (χ1n) is 8.38. The monoisotopic (exact) mass is 376 g/mol. The summed E-state index contributed by atoms with van der Waals surface area (Å²) < 4.78 is 35.8. The standard InChI is InChI=1S/C19H21FN2O3S/c1-19(13-14-3-7-16(20)8-4-14)11-2-12-22(19)18(23)15-5-9-17(10-6-15)26(21,24)25/h3-10H,2,11-13H2,1H3,(H2,21,24,25). The molecule has 1 amide bonds. The summed E-state index contributed by atoms with van der Waals surface area (Å²) in [6.45, 7) is 2.66. The molecular formula is C19H21FN2O3S. The highest BCUT2D eigenvalue weighted by molar-refractivity contribution is 7.89. The summed E-state index contributed by atoms with van der Waals surface area (Å²) in [7, 11) is -3.79. The molecule has 1 saturated heterocycles. The maximum Gasteiger partial charge on any atom is 0.254 e. The third-order valence-corrected chi connectivity index (χ3v) is 5.85. The van der Waals surface area contributed by atoms with E-state index in [1.807, 2.05) is 11.8 Å². The topological polar surface area (TPSA) is 80.5 Å². The van der Waals surface area contributed by atoms with E-state index in [0.717, 1.165) is 18.4 Å². The quantitative estimate of drug-likeness (QED) is 0.891. The lowest BCUT2D eigenvalue weighted by Crippen LogP contribution is -2.46. The maximum atomic E-state index is 13.1. The molecule has 1 aliphatic rings. The smallest absolute Gasteiger partial charge is 0.254 e. The van der Waals surface area contributed by atoms with Gasteiger partial charge in [0.2, 0.25) is 10.0 Å². The Morgan fingerprint density at radius 1 is 1.15 bits per heavy atom. The van der Waals surface area contributed by atoms with Crippen LogP contribution in [0.4, 0.5) is 4.39 Å². The Kier molecular flexibility index (Phi) is 4.86. The fourth-order valence-corrected chi connectivity index (χ4v) is 4.05. The van der Waals surface area contributed by atoms with Crippen LogP contribution < -0.4 is 5.14 Å². The number of halogens is 1. The van der Waals surface area contributed by atoms with E-state index < -0.39 is 10.0 Å². The van der Waals surface area contributed by atoms with E-state index in [9.17, 15) is 17.6 Å². The van der Waals surface area contributed by atoms with Crippen molar-refractivity contribution in [3.05, 3.63) is 65.5 Å². The van der Waals surface area contributed by atoms with Gasteiger partial charge in [0.15, 0.2) is 0 Å². The molecule has 138 valence electrons. The molecule has 0 aromatic heterocycles. The SMILES string of the molecule is CC1(Cc2ccc(F)cc2)CCCN1C(=O)c1ccc(S(N)(=O)=O)cc1. The zero-order chi connectivity index (χ0) is 18.9. The van der Waals surface area contributed by atoms with Crippen LogP contribution in [-0.2, 0) is 16.4 Å². The van der Waals surface area contributed by atoms with Crippen molar-refractivity contribution in [3.63, 3.8) is 0 Å². The van der Waals surface area contributed by atoms with Gasteiger partial charge in [0.1, 0.15) is 5.82 Å². The normalized spacial score (nSPS) is 20.3. The van der Waals surface area contributed by atoms with Gasteiger partial charge in [-0.05, 0) is 68.1 Å². The summed E-state index contributed by atoms with van der Waals surface area (Å²) in [4.78, 5) is 14.8. The predicted molar refractivity (Wildman–Crippen MR) is 96.6 cm³/mol. The fourth-order valence-electron chi connectivity index (χ4n) is 3.54. The molecule has 1 fully saturated rings. The largest absolute Gasteiger partial charge is 0.333 e. The van der Waals surface area contributed by atoms with Crippen molar-refractivity contribution in [2.75, 3.05) is 6.54 Å². The van der Waals surface area contributed by atoms with E-state index in [1.54, 1.807) is 12.1 Å². The summed E-state index contributed by atoms with van der Waals surface area (Å²) >= 11 is 0. The molecule has 0 radical (unpaired) electrons. The highest BCUT2D eigenvalue weighted by atomic mass is 32.2. The number of likely N-dealkylation sites (tertiary alicyclic amines) is 1. The number of nitrogens with zero attached hydrogens (tertiary/aromatic N) is 1. The Morgan fingerprint density at radius 3 is 2.35 bits per heavy atom. The van der Waals surface area contributed by atoms with Gasteiger partial charge >= 0.3 is 0 Å². The molecule has 26 heavy (non-hydrogen) atoms. The summed E-state index contributed by atoms with van der Waals surface area (Å²) in [6.07, 6.45) is 2.37. The zero-order valence-corrected chi connectivity index (χ0v) is 15.3. The third-order valence-electron chi connectivity index (χ3n) is 4.92. The molecule has 2 aromatic rings. The van der Waals surface area contributed by atoms with Crippen LogP contribution in [0.5, 0.6) is 0 Å². The minimum absolute atomic E-state index is 0.0236. The molecule has 5 nitrogen and oxygen atoms in total. The van der Waals surface area contributed by atoms with Crippen molar-refractivity contribution in [1.82, 2.24) is 4.90 Å². The number of rotatable bonds is 4. The van der Waals surface area contributed by atoms with Gasteiger partial charge in [0.25, 0.3) is 5.91 Å². The lowest BCUT2D eigenvalue weighted by Gasteiger charge is -2.35. The van der Waals surface area contributed by atoms with Crippen molar-refractivity contribution in [2.45, 2.75) is 36.6 Å². The predicted octanol–water partition coefficient (Wildman–Crippen LogP) is 2.71. The first-order chi connectivity index (χ1) is 12.2. The second kappa shape index (κ2) is 6.81. The number of hydrogen-bond acceptors (Lipinski definition) is 3. The van der Waals surface area contributed by atoms with E-state index in [4.69, 9.17) is 5.14 Å². The van der Waals surface area contributed by atoms with E-state index in [1.165, 1.54) is 36.4 Å². The molecule has 0 bridgehead atoms. The molecule has 3 rings (SSSR count). The molecule has 0 saturated carbocycles.